The van der Waals surface area contributed by atoms with E-state index in [1.807, 2.05) is 88.4 Å². The molecule has 6 aromatic carbocycles. The Balaban J connectivity index is 0.000000178. The fourth-order valence-electron chi connectivity index (χ4n) is 8.06. The maximum Gasteiger partial charge on any atom is 0.335 e. The monoisotopic (exact) mass is 1070 g/mol. The fraction of sp³-hybridized carbons (Fsp3) is 0.143. The molecular weight excluding hydrogens is 1030 g/mol. The molecule has 1 N–H and O–H groups in total. The number of aromatic carboxylic acids is 1. The number of carboxylic acids is 1. The first kappa shape index (κ1) is 50.2. The Bertz CT molecular complexity index is 3420. The summed E-state index contributed by atoms with van der Waals surface area (Å²) in [4.78, 5) is 27.7. The first-order valence-electron chi connectivity index (χ1n) is 22.5. The topological polar surface area (TPSA) is 137 Å². The van der Waals surface area contributed by atoms with Gasteiger partial charge in [0.25, 0.3) is 0 Å². The molecular formula is C56H41Cl4N3O7S2. The molecule has 10 aromatic rings. The van der Waals surface area contributed by atoms with Gasteiger partial charge in [-0.25, -0.2) is 9.59 Å². The third kappa shape index (κ3) is 10.9. The Morgan fingerprint density at radius 2 is 1.06 bits per heavy atom. The average molecular weight is 1070 g/mol. The summed E-state index contributed by atoms with van der Waals surface area (Å²) in [5, 5.41) is 22.0. The van der Waals surface area contributed by atoms with Gasteiger partial charge in [0.05, 0.1) is 42.5 Å². The van der Waals surface area contributed by atoms with Crippen molar-refractivity contribution in [1.82, 2.24) is 10.3 Å². The number of hydrogen-bond acceptors (Lipinski definition) is 11. The van der Waals surface area contributed by atoms with E-state index < -0.39 is 5.97 Å². The Kier molecular flexibility index (Phi) is 15.3. The van der Waals surface area contributed by atoms with Crippen molar-refractivity contribution >= 4 is 107 Å². The highest BCUT2D eigenvalue weighted by atomic mass is 35.5. The first-order chi connectivity index (χ1) is 34.8. The van der Waals surface area contributed by atoms with Gasteiger partial charge in [0.15, 0.2) is 0 Å². The van der Waals surface area contributed by atoms with Gasteiger partial charge >= 0.3 is 5.97 Å². The molecule has 362 valence electrons. The predicted octanol–water partition coefficient (Wildman–Crippen LogP) is 18.1. The largest absolute Gasteiger partial charge is 0.489 e. The highest BCUT2D eigenvalue weighted by molar-refractivity contribution is 7.22. The van der Waals surface area contributed by atoms with Gasteiger partial charge in [0.1, 0.15) is 47.6 Å². The molecule has 0 aliphatic heterocycles. The van der Waals surface area contributed by atoms with Crippen molar-refractivity contribution in [2.45, 2.75) is 52.7 Å². The van der Waals surface area contributed by atoms with Gasteiger partial charge in [-0.05, 0) is 119 Å². The minimum absolute atomic E-state index is 0.0926. The zero-order chi connectivity index (χ0) is 50.6. The van der Waals surface area contributed by atoms with Crippen molar-refractivity contribution in [2.24, 2.45) is 4.99 Å². The molecule has 0 spiro atoms. The highest BCUT2D eigenvalue weighted by Crippen LogP contribution is 2.42. The first-order valence-corrected chi connectivity index (χ1v) is 25.6. The SMILES string of the molecule is CC(C)c1onc(-c2c(Cl)cccc2Cl)c1COc1ccc2cc(-c3cccc(C(=O)O)c3)sc2c1.CC(C)c1onc(-c2c(Cl)cccc2Cl)c1COc1ccc2cc(-c3cccc(N=C=O)c3)sc2c1. The second kappa shape index (κ2) is 21.9. The fourth-order valence-corrected chi connectivity index (χ4v) is 11.4. The van der Waals surface area contributed by atoms with Crippen LogP contribution >= 0.6 is 69.1 Å². The molecule has 0 amide bonds. The van der Waals surface area contributed by atoms with Crippen LogP contribution in [0.15, 0.2) is 147 Å². The van der Waals surface area contributed by atoms with Crippen molar-refractivity contribution in [2.75, 3.05) is 0 Å². The van der Waals surface area contributed by atoms with Gasteiger partial charge in [-0.15, -0.1) is 22.7 Å². The lowest BCUT2D eigenvalue weighted by atomic mass is 10.0. The normalized spacial score (nSPS) is 11.2. The predicted molar refractivity (Wildman–Crippen MR) is 290 cm³/mol. The molecule has 0 saturated heterocycles. The van der Waals surface area contributed by atoms with Crippen LogP contribution in [0.3, 0.4) is 0 Å². The van der Waals surface area contributed by atoms with Crippen molar-refractivity contribution < 1.29 is 33.2 Å². The molecule has 0 radical (unpaired) electrons. The smallest absolute Gasteiger partial charge is 0.335 e. The van der Waals surface area contributed by atoms with Crippen LogP contribution in [0, 0.1) is 0 Å². The standard InChI is InChI=1S/C28H20Cl2N2O3S.C28H21Cl2NO4S/c1-16(2)28-21(27(32-35-28)26-22(29)7-4-8-23(26)30)14-34-20-10-9-18-12-24(36-25(18)13-20)17-5-3-6-19(11-17)31-15-33;1-15(2)27-20(26(31-35-27)25-21(29)7-4-8-22(25)30)14-34-19-10-9-17-12-23(36-24(17)13-19)16-5-3-6-18(11-16)28(32)33/h3-13,16H,14H2,1-2H3;3-13,15H,14H2,1-2H3,(H,32,33). The Labute approximate surface area is 442 Å². The number of thiophene rings is 2. The van der Waals surface area contributed by atoms with Gasteiger partial charge < -0.3 is 23.6 Å². The molecule has 72 heavy (non-hydrogen) atoms. The molecule has 10 rings (SSSR count). The Hall–Kier alpha value is -6.73. The van der Waals surface area contributed by atoms with Crippen molar-refractivity contribution in [3.05, 3.63) is 182 Å². The minimum atomic E-state index is -0.944. The number of aliphatic imine (C=N–C) groups is 1. The van der Waals surface area contributed by atoms with E-state index in [4.69, 9.17) is 64.9 Å². The number of carboxylic acid groups (broad SMARTS) is 1. The second-order valence-corrected chi connectivity index (χ2v) is 20.9. The van der Waals surface area contributed by atoms with Crippen molar-refractivity contribution in [3.8, 4) is 54.9 Å². The average Bonchev–Trinajstić information content (AvgIpc) is 4.18. The summed E-state index contributed by atoms with van der Waals surface area (Å²) < 4.78 is 25.9. The number of benzene rings is 6. The molecule has 0 aliphatic carbocycles. The van der Waals surface area contributed by atoms with Crippen LogP contribution in [0.5, 0.6) is 11.5 Å². The zero-order valence-corrected chi connectivity index (χ0v) is 43.5. The molecule has 0 unspecified atom stereocenters. The highest BCUT2D eigenvalue weighted by Gasteiger charge is 2.26. The minimum Gasteiger partial charge on any atom is -0.489 e. The second-order valence-electron chi connectivity index (χ2n) is 17.1. The lowest BCUT2D eigenvalue weighted by Gasteiger charge is -2.11. The summed E-state index contributed by atoms with van der Waals surface area (Å²) in [6.45, 7) is 8.62. The number of rotatable bonds is 14. The molecule has 16 heteroatoms. The van der Waals surface area contributed by atoms with Crippen LogP contribution in [0.25, 0.3) is 63.6 Å². The number of hydrogen-bond donors (Lipinski definition) is 1. The van der Waals surface area contributed by atoms with Gasteiger partial charge in [0.2, 0.25) is 6.08 Å². The summed E-state index contributed by atoms with van der Waals surface area (Å²) >= 11 is 29.0. The van der Waals surface area contributed by atoms with Crippen LogP contribution in [0.1, 0.15) is 72.5 Å². The number of ether oxygens (including phenoxy) is 2. The molecule has 4 heterocycles. The van der Waals surface area contributed by atoms with E-state index in [0.29, 0.717) is 54.0 Å². The van der Waals surface area contributed by atoms with E-state index in [9.17, 15) is 14.7 Å². The van der Waals surface area contributed by atoms with Gasteiger partial charge in [0, 0.05) is 42.1 Å². The molecule has 0 atom stereocenters. The van der Waals surface area contributed by atoms with Crippen LogP contribution in [-0.2, 0) is 18.0 Å². The lowest BCUT2D eigenvalue weighted by Crippen LogP contribution is -2.01. The number of halogens is 4. The number of aromatic nitrogens is 2. The van der Waals surface area contributed by atoms with Crippen LogP contribution in [-0.4, -0.2) is 27.5 Å². The summed E-state index contributed by atoms with van der Waals surface area (Å²) in [6, 6.07) is 41.2. The van der Waals surface area contributed by atoms with E-state index in [2.05, 4.69) is 27.4 Å². The van der Waals surface area contributed by atoms with E-state index >= 15 is 0 Å². The maximum absolute atomic E-state index is 11.3. The van der Waals surface area contributed by atoms with E-state index in [0.717, 1.165) is 69.5 Å². The molecule has 0 saturated carbocycles. The van der Waals surface area contributed by atoms with E-state index in [1.165, 1.54) is 0 Å². The molecule has 0 bridgehead atoms. The summed E-state index contributed by atoms with van der Waals surface area (Å²) in [6.07, 6.45) is 1.59. The quantitative estimate of drug-likeness (QED) is 0.0833. The molecule has 0 fully saturated rings. The number of carbonyl (C=O) groups excluding carboxylic acids is 1. The lowest BCUT2D eigenvalue weighted by molar-refractivity contribution is 0.0697. The molecule has 0 aliphatic rings. The third-order valence-electron chi connectivity index (χ3n) is 11.5. The molecule has 4 aromatic heterocycles. The Morgan fingerprint density at radius 1 is 0.611 bits per heavy atom. The number of carbonyl (C=O) groups is 1. The Morgan fingerprint density at radius 3 is 1.50 bits per heavy atom. The van der Waals surface area contributed by atoms with Crippen LogP contribution in [0.4, 0.5) is 5.69 Å². The van der Waals surface area contributed by atoms with E-state index in [1.54, 1.807) is 89.4 Å². The van der Waals surface area contributed by atoms with Crippen molar-refractivity contribution in [3.63, 3.8) is 0 Å². The van der Waals surface area contributed by atoms with Crippen molar-refractivity contribution in [1.29, 1.82) is 0 Å². The van der Waals surface area contributed by atoms with Gasteiger partial charge in [-0.3, -0.25) is 0 Å². The number of isocyanates is 1. The summed E-state index contributed by atoms with van der Waals surface area (Å²) in [7, 11) is 0. The maximum atomic E-state index is 11.3. The summed E-state index contributed by atoms with van der Waals surface area (Å²) in [5.74, 6) is 2.13. The van der Waals surface area contributed by atoms with E-state index in [-0.39, 0.29) is 30.6 Å². The number of fused-ring (bicyclic) bond motifs is 2. The third-order valence-corrected chi connectivity index (χ3v) is 15.1. The van der Waals surface area contributed by atoms with Crippen LogP contribution in [0.2, 0.25) is 20.1 Å². The zero-order valence-electron chi connectivity index (χ0n) is 38.8. The van der Waals surface area contributed by atoms with Gasteiger partial charge in [-0.1, -0.05) is 121 Å². The van der Waals surface area contributed by atoms with Gasteiger partial charge in [-0.2, -0.15) is 4.99 Å². The molecule has 10 nitrogen and oxygen atoms in total. The number of nitrogens with zero attached hydrogens (tertiary/aromatic N) is 3. The summed E-state index contributed by atoms with van der Waals surface area (Å²) in [5.41, 5.74) is 6.74. The van der Waals surface area contributed by atoms with Crippen LogP contribution < -0.4 is 9.47 Å².